The van der Waals surface area contributed by atoms with Crippen LogP contribution in [0.1, 0.15) is 27.2 Å². The zero-order valence-corrected chi connectivity index (χ0v) is 14.1. The summed E-state index contributed by atoms with van der Waals surface area (Å²) in [6, 6.07) is 8.03. The Morgan fingerprint density at radius 1 is 1.22 bits per heavy atom. The topological polar surface area (TPSA) is 64.7 Å². The molecule has 0 saturated carbocycles. The fourth-order valence-corrected chi connectivity index (χ4v) is 2.56. The van der Waals surface area contributed by atoms with Crippen LogP contribution in [0.25, 0.3) is 0 Å². The number of amides is 3. The van der Waals surface area contributed by atoms with Gasteiger partial charge >= 0.3 is 6.03 Å². The number of carbonyl (C=O) groups is 2. The summed E-state index contributed by atoms with van der Waals surface area (Å²) < 4.78 is 0. The summed E-state index contributed by atoms with van der Waals surface area (Å²) >= 11 is 0. The summed E-state index contributed by atoms with van der Waals surface area (Å²) in [5.41, 5.74) is 1.87. The van der Waals surface area contributed by atoms with Crippen molar-refractivity contribution in [2.45, 2.75) is 33.2 Å². The molecule has 0 aliphatic carbocycles. The van der Waals surface area contributed by atoms with Crippen LogP contribution < -0.4 is 15.5 Å². The summed E-state index contributed by atoms with van der Waals surface area (Å²) in [7, 11) is 0. The molecule has 1 unspecified atom stereocenters. The second-order valence-electron chi connectivity index (χ2n) is 5.96. The van der Waals surface area contributed by atoms with Gasteiger partial charge in [0.15, 0.2) is 0 Å². The van der Waals surface area contributed by atoms with Gasteiger partial charge in [-0.2, -0.15) is 0 Å². The second-order valence-corrected chi connectivity index (χ2v) is 5.96. The molecule has 1 aromatic carbocycles. The summed E-state index contributed by atoms with van der Waals surface area (Å²) in [6.45, 7) is 8.56. The average molecular weight is 318 g/mol. The van der Waals surface area contributed by atoms with E-state index in [1.54, 1.807) is 0 Å². The van der Waals surface area contributed by atoms with E-state index in [0.29, 0.717) is 13.1 Å². The van der Waals surface area contributed by atoms with E-state index >= 15 is 0 Å². The lowest BCUT2D eigenvalue weighted by atomic mass is 10.2. The number of benzene rings is 1. The molecule has 1 aliphatic rings. The number of anilines is 2. The molecular weight excluding hydrogens is 292 g/mol. The quantitative estimate of drug-likeness (QED) is 0.895. The fraction of sp³-hybridized carbons (Fsp3) is 0.529. The number of hydrogen-bond donors (Lipinski definition) is 2. The minimum absolute atomic E-state index is 0.0194. The molecular formula is C17H26N4O2. The number of hydrogen-bond acceptors (Lipinski definition) is 3. The van der Waals surface area contributed by atoms with Crippen molar-refractivity contribution in [3.05, 3.63) is 24.3 Å². The normalized spacial score (nSPS) is 16.0. The highest BCUT2D eigenvalue weighted by Crippen LogP contribution is 2.21. The van der Waals surface area contributed by atoms with Crippen LogP contribution in [-0.2, 0) is 4.79 Å². The zero-order chi connectivity index (χ0) is 16.8. The van der Waals surface area contributed by atoms with Gasteiger partial charge in [-0.3, -0.25) is 4.79 Å². The first-order chi connectivity index (χ1) is 11.0. The van der Waals surface area contributed by atoms with Gasteiger partial charge in [0, 0.05) is 50.5 Å². The maximum absolute atomic E-state index is 12.1. The predicted molar refractivity (Wildman–Crippen MR) is 92.8 cm³/mol. The van der Waals surface area contributed by atoms with Gasteiger partial charge in [-0.15, -0.1) is 0 Å². The van der Waals surface area contributed by atoms with Gasteiger partial charge in [0.1, 0.15) is 0 Å². The number of carbonyl (C=O) groups excluding carboxylic acids is 2. The maximum Gasteiger partial charge on any atom is 0.317 e. The van der Waals surface area contributed by atoms with Crippen LogP contribution in [-0.4, -0.2) is 49.1 Å². The molecule has 0 spiro atoms. The van der Waals surface area contributed by atoms with E-state index < -0.39 is 0 Å². The lowest BCUT2D eigenvalue weighted by Gasteiger charge is -2.36. The minimum atomic E-state index is -0.0753. The van der Waals surface area contributed by atoms with Crippen molar-refractivity contribution in [2.24, 2.45) is 0 Å². The van der Waals surface area contributed by atoms with Crippen molar-refractivity contribution in [1.29, 1.82) is 0 Å². The summed E-state index contributed by atoms with van der Waals surface area (Å²) in [4.78, 5) is 27.4. The molecule has 1 saturated heterocycles. The number of piperazine rings is 1. The molecule has 1 aliphatic heterocycles. The first-order valence-electron chi connectivity index (χ1n) is 8.17. The van der Waals surface area contributed by atoms with Gasteiger partial charge in [-0.05, 0) is 31.5 Å². The molecule has 0 radical (unpaired) electrons. The van der Waals surface area contributed by atoms with Crippen molar-refractivity contribution < 1.29 is 9.59 Å². The molecule has 6 heteroatoms. The Labute approximate surface area is 137 Å². The van der Waals surface area contributed by atoms with Crippen LogP contribution in [0.4, 0.5) is 16.2 Å². The van der Waals surface area contributed by atoms with E-state index in [9.17, 15) is 9.59 Å². The Hall–Kier alpha value is -2.24. The van der Waals surface area contributed by atoms with E-state index in [4.69, 9.17) is 0 Å². The summed E-state index contributed by atoms with van der Waals surface area (Å²) in [6.07, 6.45) is 0.932. The highest BCUT2D eigenvalue weighted by atomic mass is 16.2. The standard InChI is InChI=1S/C17H26N4O2/c1-4-13(2)18-17(23)21-10-8-20(9-11-21)16-7-5-6-15(12-16)19-14(3)22/h5-7,12-13H,4,8-11H2,1-3H3,(H,18,23)(H,19,22). The van der Waals surface area contributed by atoms with E-state index in [1.165, 1.54) is 6.92 Å². The van der Waals surface area contributed by atoms with Crippen molar-refractivity contribution in [2.75, 3.05) is 36.4 Å². The highest BCUT2D eigenvalue weighted by Gasteiger charge is 2.22. The first-order valence-corrected chi connectivity index (χ1v) is 8.17. The molecule has 126 valence electrons. The van der Waals surface area contributed by atoms with Gasteiger partial charge in [0.2, 0.25) is 5.91 Å². The Balaban J connectivity index is 1.91. The lowest BCUT2D eigenvalue weighted by molar-refractivity contribution is -0.114. The van der Waals surface area contributed by atoms with Crippen LogP contribution in [0.3, 0.4) is 0 Å². The Kier molecular flexibility index (Phi) is 5.84. The minimum Gasteiger partial charge on any atom is -0.368 e. The van der Waals surface area contributed by atoms with Gasteiger partial charge in [-0.25, -0.2) is 4.79 Å². The Morgan fingerprint density at radius 2 is 1.91 bits per heavy atom. The van der Waals surface area contributed by atoms with Gasteiger partial charge < -0.3 is 20.4 Å². The molecule has 0 aromatic heterocycles. The molecule has 2 rings (SSSR count). The SMILES string of the molecule is CCC(C)NC(=O)N1CCN(c2cccc(NC(C)=O)c2)CC1. The average Bonchev–Trinajstić information content (AvgIpc) is 2.54. The van der Waals surface area contributed by atoms with E-state index in [1.807, 2.05) is 36.1 Å². The molecule has 1 heterocycles. The van der Waals surface area contributed by atoms with Crippen molar-refractivity contribution in [1.82, 2.24) is 10.2 Å². The van der Waals surface area contributed by atoms with Crippen LogP contribution in [0.15, 0.2) is 24.3 Å². The molecule has 23 heavy (non-hydrogen) atoms. The molecule has 0 bridgehead atoms. The molecule has 1 fully saturated rings. The molecule has 3 amide bonds. The predicted octanol–water partition coefficient (Wildman–Crippen LogP) is 2.28. The molecule has 1 atom stereocenters. The Bertz CT molecular complexity index is 553. The highest BCUT2D eigenvalue weighted by molar-refractivity contribution is 5.89. The number of rotatable bonds is 4. The summed E-state index contributed by atoms with van der Waals surface area (Å²) in [5.74, 6) is -0.0753. The second kappa shape index (κ2) is 7.85. The van der Waals surface area contributed by atoms with Gasteiger partial charge in [-0.1, -0.05) is 13.0 Å². The molecule has 6 nitrogen and oxygen atoms in total. The fourth-order valence-electron chi connectivity index (χ4n) is 2.56. The third-order valence-electron chi connectivity index (χ3n) is 4.08. The van der Waals surface area contributed by atoms with Crippen molar-refractivity contribution in [3.63, 3.8) is 0 Å². The molecule has 2 N–H and O–H groups in total. The van der Waals surface area contributed by atoms with Crippen LogP contribution >= 0.6 is 0 Å². The number of nitrogens with one attached hydrogen (secondary N) is 2. The van der Waals surface area contributed by atoms with E-state index in [2.05, 4.69) is 22.5 Å². The largest absolute Gasteiger partial charge is 0.368 e. The third-order valence-corrected chi connectivity index (χ3v) is 4.08. The van der Waals surface area contributed by atoms with Gasteiger partial charge in [0.05, 0.1) is 0 Å². The van der Waals surface area contributed by atoms with Gasteiger partial charge in [0.25, 0.3) is 0 Å². The lowest BCUT2D eigenvalue weighted by Crippen LogP contribution is -2.53. The number of urea groups is 1. The number of nitrogens with zero attached hydrogens (tertiary/aromatic N) is 2. The van der Waals surface area contributed by atoms with Crippen LogP contribution in [0.2, 0.25) is 0 Å². The van der Waals surface area contributed by atoms with Crippen LogP contribution in [0.5, 0.6) is 0 Å². The van der Waals surface area contributed by atoms with E-state index in [-0.39, 0.29) is 18.0 Å². The summed E-state index contributed by atoms with van der Waals surface area (Å²) in [5, 5.41) is 5.80. The van der Waals surface area contributed by atoms with Crippen molar-refractivity contribution in [3.8, 4) is 0 Å². The third kappa shape index (κ3) is 4.87. The zero-order valence-electron chi connectivity index (χ0n) is 14.1. The van der Waals surface area contributed by atoms with Crippen molar-refractivity contribution >= 4 is 23.3 Å². The maximum atomic E-state index is 12.1. The Morgan fingerprint density at radius 3 is 2.52 bits per heavy atom. The monoisotopic (exact) mass is 318 g/mol. The van der Waals surface area contributed by atoms with E-state index in [0.717, 1.165) is 30.9 Å². The smallest absolute Gasteiger partial charge is 0.317 e. The first kappa shape index (κ1) is 17.1. The molecule has 1 aromatic rings. The van der Waals surface area contributed by atoms with Crippen LogP contribution in [0, 0.1) is 0 Å².